The van der Waals surface area contributed by atoms with Crippen LogP contribution in [0.4, 0.5) is 5.69 Å². The lowest BCUT2D eigenvalue weighted by atomic mass is 9.76. The molecule has 1 aliphatic carbocycles. The molecule has 3 aromatic rings. The zero-order valence-electron chi connectivity index (χ0n) is 26.5. The van der Waals surface area contributed by atoms with Crippen molar-refractivity contribution in [3.63, 3.8) is 0 Å². The van der Waals surface area contributed by atoms with Gasteiger partial charge in [0, 0.05) is 56.9 Å². The molecule has 45 heavy (non-hydrogen) atoms. The molecule has 1 heterocycles. The number of carbonyl (C=O) groups excluding carboxylic acids is 2. The van der Waals surface area contributed by atoms with Crippen LogP contribution in [0.25, 0.3) is 6.08 Å². The zero-order valence-corrected chi connectivity index (χ0v) is 26.5. The number of piperazine rings is 1. The summed E-state index contributed by atoms with van der Waals surface area (Å²) in [6.45, 7) is 7.90. The van der Waals surface area contributed by atoms with E-state index in [1.807, 2.05) is 53.4 Å². The second-order valence-corrected chi connectivity index (χ2v) is 12.5. The second-order valence-electron chi connectivity index (χ2n) is 12.5. The maximum atomic E-state index is 13.0. The number of amides is 2. The number of carboxylic acids is 1. The van der Waals surface area contributed by atoms with Crippen molar-refractivity contribution in [3.05, 3.63) is 107 Å². The van der Waals surface area contributed by atoms with Gasteiger partial charge >= 0.3 is 11.9 Å². The fourth-order valence-electron chi connectivity index (χ4n) is 6.83. The molecule has 7 heteroatoms. The Morgan fingerprint density at radius 2 is 1.56 bits per heavy atom. The van der Waals surface area contributed by atoms with E-state index >= 15 is 0 Å². The van der Waals surface area contributed by atoms with Gasteiger partial charge in [0.2, 0.25) is 5.91 Å². The van der Waals surface area contributed by atoms with E-state index in [0.717, 1.165) is 55.5 Å². The predicted octanol–water partition coefficient (Wildman–Crippen LogP) is 6.44. The number of hydrogen-bond acceptors (Lipinski definition) is 4. The highest BCUT2D eigenvalue weighted by molar-refractivity contribution is 6.31. The van der Waals surface area contributed by atoms with Crippen molar-refractivity contribution >= 4 is 29.5 Å². The topological polar surface area (TPSA) is 81.2 Å². The van der Waals surface area contributed by atoms with Gasteiger partial charge in [-0.05, 0) is 72.6 Å². The van der Waals surface area contributed by atoms with Crippen LogP contribution in [0.2, 0.25) is 0 Å². The van der Waals surface area contributed by atoms with Gasteiger partial charge in [-0.3, -0.25) is 9.59 Å². The van der Waals surface area contributed by atoms with Crippen LogP contribution in [0.1, 0.15) is 65.8 Å². The highest BCUT2D eigenvalue weighted by Gasteiger charge is 2.31. The number of hydrogen-bond donors (Lipinski definition) is 1. The van der Waals surface area contributed by atoms with Crippen molar-refractivity contribution in [2.24, 2.45) is 5.92 Å². The van der Waals surface area contributed by atoms with E-state index in [-0.39, 0.29) is 18.4 Å². The standard InChI is InChI=1S/C38H45N3O4/c1-28-10-9-15-35(29(28)2)39-22-24-40(25-23-39)36(42)21-18-30-16-19-33(20-17-30)34(32-13-7-4-8-14-32)27-41(37(43)38(44)45)26-31-11-5-3-6-12-31/h3,5-6,9-12,15-21,32,34H,4,7-8,13-14,22-27H2,1-2H3,(H,44,45). The molecule has 0 spiro atoms. The predicted molar refractivity (Wildman–Crippen MR) is 179 cm³/mol. The third-order valence-electron chi connectivity index (χ3n) is 9.61. The van der Waals surface area contributed by atoms with E-state index in [1.165, 1.54) is 28.1 Å². The summed E-state index contributed by atoms with van der Waals surface area (Å²) in [5.74, 6) is -1.87. The van der Waals surface area contributed by atoms with Crippen LogP contribution in [0, 0.1) is 19.8 Å². The Morgan fingerprint density at radius 1 is 0.867 bits per heavy atom. The van der Waals surface area contributed by atoms with Gasteiger partial charge in [-0.15, -0.1) is 0 Å². The molecule has 7 nitrogen and oxygen atoms in total. The van der Waals surface area contributed by atoms with Gasteiger partial charge in [0.05, 0.1) is 0 Å². The molecule has 2 aliphatic rings. The molecule has 1 unspecified atom stereocenters. The van der Waals surface area contributed by atoms with Gasteiger partial charge in [0.25, 0.3) is 0 Å². The van der Waals surface area contributed by atoms with Crippen LogP contribution < -0.4 is 4.90 Å². The van der Waals surface area contributed by atoms with Gasteiger partial charge in [-0.25, -0.2) is 4.79 Å². The maximum absolute atomic E-state index is 13.0. The molecule has 1 aliphatic heterocycles. The quantitative estimate of drug-likeness (QED) is 0.224. The summed E-state index contributed by atoms with van der Waals surface area (Å²) in [6, 6.07) is 24.2. The number of nitrogens with zero attached hydrogens (tertiary/aromatic N) is 3. The van der Waals surface area contributed by atoms with Crippen molar-refractivity contribution in [1.82, 2.24) is 9.80 Å². The molecule has 1 atom stereocenters. The summed E-state index contributed by atoms with van der Waals surface area (Å²) >= 11 is 0. The summed E-state index contributed by atoms with van der Waals surface area (Å²) in [6.07, 6.45) is 9.17. The lowest BCUT2D eigenvalue weighted by Crippen LogP contribution is -2.48. The number of aliphatic carboxylic acids is 1. The first-order chi connectivity index (χ1) is 21.8. The van der Waals surface area contributed by atoms with Crippen LogP contribution in [0.3, 0.4) is 0 Å². The zero-order chi connectivity index (χ0) is 31.8. The third-order valence-corrected chi connectivity index (χ3v) is 9.61. The maximum Gasteiger partial charge on any atom is 0.394 e. The molecule has 5 rings (SSSR count). The Kier molecular flexibility index (Phi) is 10.7. The first kappa shape index (κ1) is 32.0. The molecule has 0 radical (unpaired) electrons. The van der Waals surface area contributed by atoms with Crippen LogP contribution in [-0.4, -0.2) is 65.4 Å². The molecule has 236 valence electrons. The first-order valence-electron chi connectivity index (χ1n) is 16.2. The Bertz CT molecular complexity index is 1490. The lowest BCUT2D eigenvalue weighted by Gasteiger charge is -2.36. The molecule has 3 aromatic carbocycles. The Hall–Kier alpha value is -4.39. The van der Waals surface area contributed by atoms with Crippen LogP contribution >= 0.6 is 0 Å². The van der Waals surface area contributed by atoms with E-state index in [2.05, 4.69) is 49.1 Å². The smallest absolute Gasteiger partial charge is 0.394 e. The Morgan fingerprint density at radius 3 is 2.22 bits per heavy atom. The molecule has 1 saturated carbocycles. The SMILES string of the molecule is Cc1cccc(N2CCN(C(=O)C=Cc3ccc(C(CN(Cc4ccccc4)C(=O)C(=O)O)C4CCCCC4)cc3)CC2)c1C. The molecule has 1 saturated heterocycles. The second kappa shape index (κ2) is 15.1. The van der Waals surface area contributed by atoms with Crippen molar-refractivity contribution in [2.75, 3.05) is 37.6 Å². The molecule has 0 bridgehead atoms. The Labute approximate surface area is 267 Å². The van der Waals surface area contributed by atoms with Crippen LogP contribution in [0.15, 0.2) is 78.9 Å². The van der Waals surface area contributed by atoms with Crippen molar-refractivity contribution < 1.29 is 19.5 Å². The molecule has 2 amide bonds. The summed E-state index contributed by atoms with van der Waals surface area (Å²) in [5.41, 5.74) is 6.77. The number of carboxylic acid groups (broad SMARTS) is 1. The van der Waals surface area contributed by atoms with E-state index in [1.54, 1.807) is 6.08 Å². The van der Waals surface area contributed by atoms with Crippen molar-refractivity contribution in [2.45, 2.75) is 58.4 Å². The first-order valence-corrected chi connectivity index (χ1v) is 16.2. The summed E-state index contributed by atoms with van der Waals surface area (Å²) in [7, 11) is 0. The van der Waals surface area contributed by atoms with Crippen molar-refractivity contribution in [1.29, 1.82) is 0 Å². The molecule has 1 N–H and O–H groups in total. The minimum atomic E-state index is -1.43. The molecule has 2 fully saturated rings. The highest BCUT2D eigenvalue weighted by atomic mass is 16.4. The average Bonchev–Trinajstić information content (AvgIpc) is 3.07. The largest absolute Gasteiger partial charge is 0.474 e. The molecular formula is C38H45N3O4. The Balaban J connectivity index is 1.25. The molecule has 0 aromatic heterocycles. The lowest BCUT2D eigenvalue weighted by molar-refractivity contribution is -0.156. The van der Waals surface area contributed by atoms with Crippen molar-refractivity contribution in [3.8, 4) is 0 Å². The molecular weight excluding hydrogens is 562 g/mol. The number of rotatable bonds is 9. The van der Waals surface area contributed by atoms with E-state index in [0.29, 0.717) is 25.6 Å². The fourth-order valence-corrected chi connectivity index (χ4v) is 6.83. The minimum absolute atomic E-state index is 0.0171. The van der Waals surface area contributed by atoms with Gasteiger partial charge in [-0.1, -0.05) is 86.0 Å². The van der Waals surface area contributed by atoms with Gasteiger partial charge in [0.1, 0.15) is 0 Å². The monoisotopic (exact) mass is 607 g/mol. The summed E-state index contributed by atoms with van der Waals surface area (Å²) in [4.78, 5) is 43.4. The number of aryl methyl sites for hydroxylation is 1. The highest BCUT2D eigenvalue weighted by Crippen LogP contribution is 2.37. The van der Waals surface area contributed by atoms with Crippen LogP contribution in [0.5, 0.6) is 0 Å². The van der Waals surface area contributed by atoms with E-state index in [9.17, 15) is 19.5 Å². The summed E-state index contributed by atoms with van der Waals surface area (Å²) < 4.78 is 0. The minimum Gasteiger partial charge on any atom is -0.474 e. The van der Waals surface area contributed by atoms with E-state index in [4.69, 9.17) is 0 Å². The van der Waals surface area contributed by atoms with Gasteiger partial charge < -0.3 is 19.8 Å². The summed E-state index contributed by atoms with van der Waals surface area (Å²) in [5, 5.41) is 9.61. The van der Waals surface area contributed by atoms with Gasteiger partial charge in [-0.2, -0.15) is 0 Å². The van der Waals surface area contributed by atoms with E-state index < -0.39 is 11.9 Å². The van der Waals surface area contributed by atoms with Crippen LogP contribution in [-0.2, 0) is 20.9 Å². The normalized spacial score (nSPS) is 16.5. The average molecular weight is 608 g/mol. The number of carbonyl (C=O) groups is 3. The fraction of sp³-hybridized carbons (Fsp3) is 0.395. The van der Waals surface area contributed by atoms with Gasteiger partial charge in [0.15, 0.2) is 0 Å². The number of benzene rings is 3. The third kappa shape index (κ3) is 8.21. The number of anilines is 1.